The smallest absolute Gasteiger partial charge is 0.320 e. The van der Waals surface area contributed by atoms with E-state index in [1.54, 1.807) is 0 Å². The van der Waals surface area contributed by atoms with E-state index in [-0.39, 0.29) is 36.6 Å². The van der Waals surface area contributed by atoms with Gasteiger partial charge in [0.2, 0.25) is 0 Å². The number of aromatic amines is 3. The number of unbranched alkanes of at least 4 members (excludes halogenated alkanes) is 1. The second-order valence-corrected chi connectivity index (χ2v) is 16.6. The molecule has 1 aliphatic carbocycles. The van der Waals surface area contributed by atoms with Gasteiger partial charge in [-0.3, -0.25) is 14.4 Å². The molecule has 0 radical (unpaired) electrons. The van der Waals surface area contributed by atoms with Crippen LogP contribution in [0.5, 0.6) is 0 Å². The van der Waals surface area contributed by atoms with Gasteiger partial charge in [0, 0.05) is 56.8 Å². The summed E-state index contributed by atoms with van der Waals surface area (Å²) in [5.41, 5.74) is 9.30. The Bertz CT molecular complexity index is 2400. The third kappa shape index (κ3) is 8.20. The molecule has 3 aromatic heterocycles. The summed E-state index contributed by atoms with van der Waals surface area (Å²) in [5, 5.41) is 16.9. The summed E-state index contributed by atoms with van der Waals surface area (Å²) >= 11 is 0. The first kappa shape index (κ1) is 42.4. The Balaban J connectivity index is 1.40. The molecule has 5 atom stereocenters. The molecule has 6 rings (SSSR count). The molecule has 1 fully saturated rings. The Kier molecular flexibility index (Phi) is 13.2. The molecule has 3 aliphatic rings. The fourth-order valence-electron chi connectivity index (χ4n) is 9.38. The summed E-state index contributed by atoms with van der Waals surface area (Å²) in [6.07, 6.45) is 19.4. The maximum absolute atomic E-state index is 14.4. The lowest BCUT2D eigenvalue weighted by Gasteiger charge is -2.25. The number of Topliss-reactive ketones (excluding diaryl/α,β-unsaturated/α-hetero) is 1. The van der Waals surface area contributed by atoms with Crippen molar-refractivity contribution >= 4 is 53.9 Å². The number of carbonyl (C=O) groups excluding carboxylic acids is 3. The van der Waals surface area contributed by atoms with Crippen LogP contribution in [-0.2, 0) is 25.5 Å². The van der Waals surface area contributed by atoms with Gasteiger partial charge in [0.25, 0.3) is 0 Å². The molecule has 0 saturated carbocycles. The maximum Gasteiger partial charge on any atom is 0.320 e. The van der Waals surface area contributed by atoms with Crippen LogP contribution in [0.2, 0.25) is 0 Å². The maximum atomic E-state index is 14.4. The van der Waals surface area contributed by atoms with Gasteiger partial charge in [-0.2, -0.15) is 0 Å². The number of H-pyrrole nitrogens is 3. The molecule has 3 aromatic rings. The number of fused-ring (bicyclic) bond motifs is 8. The Labute approximate surface area is 342 Å². The molecular weight excluding hydrogens is 729 g/mol. The van der Waals surface area contributed by atoms with E-state index < -0.39 is 17.9 Å². The van der Waals surface area contributed by atoms with Gasteiger partial charge >= 0.3 is 11.9 Å². The molecular formula is C48H62N4O6. The van der Waals surface area contributed by atoms with Gasteiger partial charge in [-0.05, 0) is 105 Å². The Hall–Kier alpha value is -5.25. The van der Waals surface area contributed by atoms with Crippen molar-refractivity contribution in [2.45, 2.75) is 112 Å². The first-order valence-corrected chi connectivity index (χ1v) is 21.1. The average Bonchev–Trinajstić information content (AvgIpc) is 3.96. The monoisotopic (exact) mass is 790 g/mol. The molecule has 10 heteroatoms. The van der Waals surface area contributed by atoms with E-state index in [1.807, 2.05) is 45.1 Å². The second-order valence-electron chi connectivity index (χ2n) is 16.6. The van der Waals surface area contributed by atoms with Crippen molar-refractivity contribution < 1.29 is 29.0 Å². The number of aliphatic hydroxyl groups excluding tert-OH is 1. The van der Waals surface area contributed by atoms with Crippen LogP contribution in [0.15, 0.2) is 23.9 Å². The summed E-state index contributed by atoms with van der Waals surface area (Å²) in [7, 11) is 1.31. The number of methoxy groups -OCH3 is 1. The number of ether oxygens (including phenoxy) is 2. The first-order valence-electron chi connectivity index (χ1n) is 21.1. The van der Waals surface area contributed by atoms with Crippen LogP contribution in [-0.4, -0.2) is 57.5 Å². The minimum absolute atomic E-state index is 0.0852. The molecule has 0 amide bonds. The van der Waals surface area contributed by atoms with E-state index in [9.17, 15) is 19.5 Å². The molecule has 2 aliphatic heterocycles. The lowest BCUT2D eigenvalue weighted by molar-refractivity contribution is -0.143. The van der Waals surface area contributed by atoms with E-state index in [4.69, 9.17) is 9.47 Å². The molecule has 310 valence electrons. The van der Waals surface area contributed by atoms with E-state index in [2.05, 4.69) is 60.6 Å². The SMILES string of the molecule is C=Cc1c2[nH]c(c1C)/C=C1/NC(C3=c4[nH]/c(c(C)c4C(=O)[C@@H]3C(=O)OC)=C\c3[nH]c(/c(=C\O)c3CC)=C\2)[C@@H](CCC(=O)OC/C=C(\C)CCC[C@H](C)CCCC)[C@@H]1C. The van der Waals surface area contributed by atoms with Gasteiger partial charge in [-0.1, -0.05) is 71.6 Å². The minimum Gasteiger partial charge on any atom is -0.515 e. The Morgan fingerprint density at radius 1 is 0.983 bits per heavy atom. The van der Waals surface area contributed by atoms with Crippen molar-refractivity contribution in [1.29, 1.82) is 0 Å². The molecule has 0 spiro atoms. The second kappa shape index (κ2) is 18.1. The first-order chi connectivity index (χ1) is 27.9. The summed E-state index contributed by atoms with van der Waals surface area (Å²) in [6, 6.07) is -0.469. The third-order valence-corrected chi connectivity index (χ3v) is 12.9. The Morgan fingerprint density at radius 3 is 2.41 bits per heavy atom. The van der Waals surface area contributed by atoms with Crippen molar-refractivity contribution in [2.24, 2.45) is 23.7 Å². The molecule has 10 nitrogen and oxygen atoms in total. The van der Waals surface area contributed by atoms with Gasteiger partial charge in [-0.15, -0.1) is 0 Å². The average molecular weight is 791 g/mol. The highest BCUT2D eigenvalue weighted by molar-refractivity contribution is 6.19. The van der Waals surface area contributed by atoms with Gasteiger partial charge in [0.05, 0.1) is 30.1 Å². The van der Waals surface area contributed by atoms with E-state index >= 15 is 0 Å². The fraction of sp³-hybridized carbons (Fsp3) is 0.479. The van der Waals surface area contributed by atoms with E-state index in [1.165, 1.54) is 38.4 Å². The van der Waals surface area contributed by atoms with Crippen LogP contribution in [0, 0.1) is 37.5 Å². The number of hydrogen-bond donors (Lipinski definition) is 5. The predicted molar refractivity (Wildman–Crippen MR) is 231 cm³/mol. The number of rotatable bonds is 15. The highest BCUT2D eigenvalue weighted by Crippen LogP contribution is 2.42. The van der Waals surface area contributed by atoms with Crippen molar-refractivity contribution in [3.8, 4) is 0 Å². The van der Waals surface area contributed by atoms with Crippen LogP contribution >= 0.6 is 0 Å². The molecule has 5 heterocycles. The highest BCUT2D eigenvalue weighted by atomic mass is 16.5. The zero-order valence-electron chi connectivity index (χ0n) is 35.6. The van der Waals surface area contributed by atoms with E-state index in [0.717, 1.165) is 80.8 Å². The largest absolute Gasteiger partial charge is 0.515 e. The van der Waals surface area contributed by atoms with Gasteiger partial charge in [-0.25, -0.2) is 0 Å². The number of esters is 2. The number of nitrogens with one attached hydrogen (secondary N) is 4. The van der Waals surface area contributed by atoms with Crippen LogP contribution in [0.3, 0.4) is 0 Å². The van der Waals surface area contributed by atoms with E-state index in [0.29, 0.717) is 34.5 Å². The van der Waals surface area contributed by atoms with Crippen LogP contribution < -0.4 is 26.6 Å². The predicted octanol–water partition coefficient (Wildman–Crippen LogP) is 6.43. The van der Waals surface area contributed by atoms with Crippen LogP contribution in [0.25, 0.3) is 36.1 Å². The zero-order chi connectivity index (χ0) is 41.8. The topological polar surface area (TPSA) is 149 Å². The summed E-state index contributed by atoms with van der Waals surface area (Å²) in [6.45, 7) is 19.1. The Morgan fingerprint density at radius 2 is 1.72 bits per heavy atom. The molecule has 1 saturated heterocycles. The normalized spacial score (nSPS) is 22.7. The minimum atomic E-state index is -1.14. The van der Waals surface area contributed by atoms with Crippen molar-refractivity contribution in [3.63, 3.8) is 0 Å². The van der Waals surface area contributed by atoms with Crippen molar-refractivity contribution in [1.82, 2.24) is 20.3 Å². The quantitative estimate of drug-likeness (QED) is 0.0678. The van der Waals surface area contributed by atoms with Crippen LogP contribution in [0.1, 0.15) is 136 Å². The zero-order valence-corrected chi connectivity index (χ0v) is 35.6. The summed E-state index contributed by atoms with van der Waals surface area (Å²) < 4.78 is 11.0. The number of aromatic nitrogens is 3. The summed E-state index contributed by atoms with van der Waals surface area (Å²) in [4.78, 5) is 51.9. The van der Waals surface area contributed by atoms with Gasteiger partial charge in [0.15, 0.2) is 5.78 Å². The van der Waals surface area contributed by atoms with Gasteiger partial charge in [0.1, 0.15) is 12.5 Å². The standard InChI is InChI=1S/C48H62N4O6/c1-10-13-15-26(4)16-14-17-27(5)20-21-58-41(54)19-18-33-29(7)36-22-35-28(6)31(11-2)38(49-35)24-40-34(25-53)32(12-3)39(50-40)23-37-30(8)42-46(52-37)43(45(33)51-36)44(47(42)55)48(56)57-9/h11,20,22-26,29,33,44-45,49-53H,2,10,12-19,21H2,1,3-9H3/b27-20+,34-25-,36-22+,37-23-,40-24-/t26-,29+,33+,44-,45?/m1/s1. The molecule has 58 heavy (non-hydrogen) atoms. The molecule has 0 aromatic carbocycles. The molecule has 8 bridgehead atoms. The number of hydrogen-bond acceptors (Lipinski definition) is 7. The van der Waals surface area contributed by atoms with Gasteiger partial charge < -0.3 is 34.8 Å². The summed E-state index contributed by atoms with van der Waals surface area (Å²) in [5.74, 6) is -1.87. The molecule has 5 N–H and O–H groups in total. The van der Waals surface area contributed by atoms with Crippen LogP contribution in [0.4, 0.5) is 0 Å². The lowest BCUT2D eigenvalue weighted by Crippen LogP contribution is -2.38. The third-order valence-electron chi connectivity index (χ3n) is 12.9. The van der Waals surface area contributed by atoms with Crippen molar-refractivity contribution in [3.05, 3.63) is 90.1 Å². The number of carbonyl (C=O) groups is 3. The van der Waals surface area contributed by atoms with Crippen molar-refractivity contribution in [2.75, 3.05) is 13.7 Å². The number of aliphatic hydroxyl groups is 1. The number of ketones is 1. The lowest BCUT2D eigenvalue weighted by atomic mass is 9.80. The fourth-order valence-corrected chi connectivity index (χ4v) is 9.38. The number of allylic oxidation sites excluding steroid dienone is 2. The highest BCUT2D eigenvalue weighted by Gasteiger charge is 2.49. The molecule has 1 unspecified atom stereocenters.